The highest BCUT2D eigenvalue weighted by molar-refractivity contribution is 5.31. The van der Waals surface area contributed by atoms with Crippen molar-refractivity contribution < 1.29 is 27.4 Å². The Hall–Kier alpha value is -1.34. The van der Waals surface area contributed by atoms with Gasteiger partial charge in [0.05, 0.1) is 12.1 Å². The van der Waals surface area contributed by atoms with Crippen LogP contribution >= 0.6 is 0 Å². The molecule has 106 valence electrons. The van der Waals surface area contributed by atoms with Crippen LogP contribution in [0.15, 0.2) is 18.2 Å². The van der Waals surface area contributed by atoms with Crippen LogP contribution in [0.25, 0.3) is 0 Å². The molecular formula is C12H13F4NO2. The molecule has 0 unspecified atom stereocenters. The van der Waals surface area contributed by atoms with Crippen LogP contribution in [-0.2, 0) is 0 Å². The number of alkyl halides is 3. The van der Waals surface area contributed by atoms with Gasteiger partial charge in [-0.3, -0.25) is 0 Å². The summed E-state index contributed by atoms with van der Waals surface area (Å²) < 4.78 is 52.9. The predicted molar refractivity (Wildman–Crippen MR) is 58.7 cm³/mol. The number of aliphatic hydroxyl groups excluding tert-OH is 1. The third-order valence-electron chi connectivity index (χ3n) is 3.04. The Kier molecular flexibility index (Phi) is 3.69. The first-order valence-corrected chi connectivity index (χ1v) is 5.77. The van der Waals surface area contributed by atoms with E-state index in [0.717, 1.165) is 25.0 Å². The van der Waals surface area contributed by atoms with Crippen LogP contribution in [0.4, 0.5) is 17.6 Å². The lowest BCUT2D eigenvalue weighted by molar-refractivity contribution is -0.275. The number of rotatable bonds is 4. The number of nitrogens with two attached hydrogens (primary N) is 1. The summed E-state index contributed by atoms with van der Waals surface area (Å²) in [5.74, 6) is -1.98. The molecule has 0 aliphatic heterocycles. The van der Waals surface area contributed by atoms with Crippen LogP contribution in [0.5, 0.6) is 5.75 Å². The van der Waals surface area contributed by atoms with Crippen LogP contribution in [0.1, 0.15) is 24.4 Å². The normalized spacial score (nSPS) is 19.1. The van der Waals surface area contributed by atoms with Gasteiger partial charge in [0.1, 0.15) is 0 Å². The van der Waals surface area contributed by atoms with Crippen LogP contribution < -0.4 is 10.5 Å². The Labute approximate surface area is 107 Å². The van der Waals surface area contributed by atoms with E-state index in [2.05, 4.69) is 4.74 Å². The fourth-order valence-corrected chi connectivity index (χ4v) is 1.86. The third kappa shape index (κ3) is 3.57. The number of halogens is 4. The van der Waals surface area contributed by atoms with Crippen molar-refractivity contribution in [3.05, 3.63) is 29.6 Å². The largest absolute Gasteiger partial charge is 0.573 e. The molecule has 1 aromatic rings. The first kappa shape index (κ1) is 14.1. The molecule has 3 nitrogen and oxygen atoms in total. The quantitative estimate of drug-likeness (QED) is 0.833. The van der Waals surface area contributed by atoms with E-state index in [0.29, 0.717) is 0 Å². The van der Waals surface area contributed by atoms with Crippen molar-refractivity contribution >= 4 is 0 Å². The molecule has 0 saturated heterocycles. The number of benzene rings is 1. The molecule has 1 aliphatic carbocycles. The van der Waals surface area contributed by atoms with Gasteiger partial charge in [0, 0.05) is 0 Å². The highest BCUT2D eigenvalue weighted by Gasteiger charge is 2.35. The Balaban J connectivity index is 2.13. The Bertz CT molecular complexity index is 460. The lowest BCUT2D eigenvalue weighted by Crippen LogP contribution is -2.28. The SMILES string of the molecule is N[C@@H](c1ccc(OC(F)(F)F)c(F)c1)[C@H](O)C1CC1. The first-order chi connectivity index (χ1) is 8.78. The summed E-state index contributed by atoms with van der Waals surface area (Å²) >= 11 is 0. The summed E-state index contributed by atoms with van der Waals surface area (Å²) in [5.41, 5.74) is 5.99. The van der Waals surface area contributed by atoms with Gasteiger partial charge in [-0.15, -0.1) is 13.2 Å². The summed E-state index contributed by atoms with van der Waals surface area (Å²) in [7, 11) is 0. The number of ether oxygens (including phenoxy) is 1. The molecule has 0 bridgehead atoms. The maximum Gasteiger partial charge on any atom is 0.573 e. The summed E-state index contributed by atoms with van der Waals surface area (Å²) in [6.07, 6.45) is -4.05. The lowest BCUT2D eigenvalue weighted by atomic mass is 9.99. The van der Waals surface area contributed by atoms with Crippen LogP contribution in [0, 0.1) is 11.7 Å². The Morgan fingerprint density at radius 1 is 1.32 bits per heavy atom. The Morgan fingerprint density at radius 2 is 1.95 bits per heavy atom. The zero-order chi connectivity index (χ0) is 14.2. The molecule has 0 amide bonds. The van der Waals surface area contributed by atoms with E-state index in [1.54, 1.807) is 0 Å². The molecule has 7 heteroatoms. The van der Waals surface area contributed by atoms with E-state index in [1.165, 1.54) is 6.07 Å². The fourth-order valence-electron chi connectivity index (χ4n) is 1.86. The first-order valence-electron chi connectivity index (χ1n) is 5.77. The molecule has 0 heterocycles. The van der Waals surface area contributed by atoms with Gasteiger partial charge in [-0.2, -0.15) is 0 Å². The van der Waals surface area contributed by atoms with Crippen molar-refractivity contribution in [3.63, 3.8) is 0 Å². The van der Waals surface area contributed by atoms with Gasteiger partial charge >= 0.3 is 6.36 Å². The van der Waals surface area contributed by atoms with Crippen LogP contribution in [0.3, 0.4) is 0 Å². The monoisotopic (exact) mass is 279 g/mol. The predicted octanol–water partition coefficient (Wildman–Crippen LogP) is 2.50. The van der Waals surface area contributed by atoms with Gasteiger partial charge in [-0.1, -0.05) is 6.07 Å². The van der Waals surface area contributed by atoms with Gasteiger partial charge in [0.2, 0.25) is 0 Å². The minimum absolute atomic E-state index is 0.0872. The average molecular weight is 279 g/mol. The Morgan fingerprint density at radius 3 is 2.42 bits per heavy atom. The standard InChI is InChI=1S/C12H13F4NO2/c13-8-5-7(10(17)11(18)6-1-2-6)3-4-9(8)19-12(14,15)16/h3-6,10-11,18H,1-2,17H2/t10-,11+/m0/s1. The summed E-state index contributed by atoms with van der Waals surface area (Å²) in [4.78, 5) is 0. The fraction of sp³-hybridized carbons (Fsp3) is 0.500. The van der Waals surface area contributed by atoms with Crippen molar-refractivity contribution in [2.24, 2.45) is 11.7 Å². The maximum absolute atomic E-state index is 13.5. The summed E-state index contributed by atoms with van der Waals surface area (Å²) in [5, 5.41) is 9.80. The van der Waals surface area contributed by atoms with Crippen molar-refractivity contribution in [2.75, 3.05) is 0 Å². The molecule has 0 spiro atoms. The highest BCUT2D eigenvalue weighted by atomic mass is 19.4. The molecule has 19 heavy (non-hydrogen) atoms. The maximum atomic E-state index is 13.5. The van der Waals surface area contributed by atoms with Crippen molar-refractivity contribution in [2.45, 2.75) is 31.3 Å². The smallest absolute Gasteiger partial charge is 0.403 e. The van der Waals surface area contributed by atoms with E-state index in [4.69, 9.17) is 5.73 Å². The molecule has 1 saturated carbocycles. The number of hydrogen-bond donors (Lipinski definition) is 2. The van der Waals surface area contributed by atoms with Crippen molar-refractivity contribution in [3.8, 4) is 5.75 Å². The molecule has 1 aliphatic rings. The van der Waals surface area contributed by atoms with Crippen molar-refractivity contribution in [1.82, 2.24) is 0 Å². The van der Waals surface area contributed by atoms with E-state index >= 15 is 0 Å². The van der Waals surface area contributed by atoms with Gasteiger partial charge < -0.3 is 15.6 Å². The molecule has 2 atom stereocenters. The van der Waals surface area contributed by atoms with E-state index in [-0.39, 0.29) is 11.5 Å². The molecule has 0 aromatic heterocycles. The highest BCUT2D eigenvalue weighted by Crippen LogP contribution is 2.37. The molecule has 3 N–H and O–H groups in total. The second kappa shape index (κ2) is 4.97. The topological polar surface area (TPSA) is 55.5 Å². The van der Waals surface area contributed by atoms with Gasteiger partial charge in [0.15, 0.2) is 11.6 Å². The molecule has 1 fully saturated rings. The molecule has 1 aromatic carbocycles. The van der Waals surface area contributed by atoms with E-state index in [1.807, 2.05) is 0 Å². The van der Waals surface area contributed by atoms with Gasteiger partial charge in [0.25, 0.3) is 0 Å². The van der Waals surface area contributed by atoms with Crippen molar-refractivity contribution in [1.29, 1.82) is 0 Å². The molecule has 0 radical (unpaired) electrons. The number of hydrogen-bond acceptors (Lipinski definition) is 3. The third-order valence-corrected chi connectivity index (χ3v) is 3.04. The molecule has 2 rings (SSSR count). The van der Waals surface area contributed by atoms with E-state index in [9.17, 15) is 22.7 Å². The van der Waals surface area contributed by atoms with Gasteiger partial charge in [-0.25, -0.2) is 4.39 Å². The van der Waals surface area contributed by atoms with E-state index < -0.39 is 30.1 Å². The van der Waals surface area contributed by atoms with Gasteiger partial charge in [-0.05, 0) is 36.5 Å². The average Bonchev–Trinajstić information content (AvgIpc) is 3.12. The lowest BCUT2D eigenvalue weighted by Gasteiger charge is -2.19. The summed E-state index contributed by atoms with van der Waals surface area (Å²) in [6, 6.07) is 2.12. The second-order valence-corrected chi connectivity index (χ2v) is 4.59. The molecular weight excluding hydrogens is 266 g/mol. The van der Waals surface area contributed by atoms with Crippen LogP contribution in [0.2, 0.25) is 0 Å². The van der Waals surface area contributed by atoms with Crippen LogP contribution in [-0.4, -0.2) is 17.6 Å². The minimum atomic E-state index is -4.95. The second-order valence-electron chi connectivity index (χ2n) is 4.59. The zero-order valence-corrected chi connectivity index (χ0v) is 9.82. The number of aliphatic hydroxyl groups is 1. The zero-order valence-electron chi connectivity index (χ0n) is 9.82. The summed E-state index contributed by atoms with van der Waals surface area (Å²) in [6.45, 7) is 0. The minimum Gasteiger partial charge on any atom is -0.403 e.